The van der Waals surface area contributed by atoms with Crippen LogP contribution in [0, 0.1) is 11.6 Å². The van der Waals surface area contributed by atoms with Crippen LogP contribution in [-0.4, -0.2) is 28.9 Å². The number of rotatable bonds is 9. The predicted molar refractivity (Wildman–Crippen MR) is 125 cm³/mol. The van der Waals surface area contributed by atoms with Gasteiger partial charge in [-0.15, -0.1) is 0 Å². The fraction of sp³-hybridized carbons (Fsp3) is 0.259. The molecule has 1 N–H and O–H groups in total. The maximum atomic E-state index is 13.4. The predicted octanol–water partition coefficient (Wildman–Crippen LogP) is 5.11. The molecule has 4 rings (SSSR count). The van der Waals surface area contributed by atoms with E-state index in [0.29, 0.717) is 39.0 Å². The molecule has 5 nitrogen and oxygen atoms in total. The summed E-state index contributed by atoms with van der Waals surface area (Å²) in [5.74, 6) is -0.689. The molecule has 1 aliphatic heterocycles. The molecule has 3 aromatic rings. The smallest absolute Gasteiger partial charge is 0.222 e. The van der Waals surface area contributed by atoms with Gasteiger partial charge in [0.2, 0.25) is 5.91 Å². The number of benzene rings is 2. The maximum absolute atomic E-state index is 13.4. The summed E-state index contributed by atoms with van der Waals surface area (Å²) in [5, 5.41) is 0. The van der Waals surface area contributed by atoms with Crippen molar-refractivity contribution in [3.05, 3.63) is 113 Å². The Hall–Kier alpha value is -3.58. The minimum atomic E-state index is -0.313. The maximum Gasteiger partial charge on any atom is 0.222 e. The zero-order valence-electron chi connectivity index (χ0n) is 18.8. The number of nitrogens with one attached hydrogen (secondary N) is 1. The van der Waals surface area contributed by atoms with Gasteiger partial charge in [0, 0.05) is 49.9 Å². The van der Waals surface area contributed by atoms with Crippen molar-refractivity contribution in [2.24, 2.45) is 0 Å². The molecule has 0 bridgehead atoms. The molecule has 0 radical (unpaired) electrons. The number of aromatic nitrogens is 1. The summed E-state index contributed by atoms with van der Waals surface area (Å²) >= 11 is 0. The summed E-state index contributed by atoms with van der Waals surface area (Å²) in [6.07, 6.45) is 6.98. The monoisotopic (exact) mass is 463 g/mol. The fourth-order valence-electron chi connectivity index (χ4n) is 4.02. The second kappa shape index (κ2) is 11.5. The summed E-state index contributed by atoms with van der Waals surface area (Å²) in [4.78, 5) is 24.2. The topological polar surface area (TPSA) is 54.5 Å². The lowest BCUT2D eigenvalue weighted by molar-refractivity contribution is -0.131. The molecule has 2 aromatic carbocycles. The zero-order valence-corrected chi connectivity index (χ0v) is 18.8. The number of halogens is 2. The number of carbonyl (C=O) groups is 1. The molecular formula is C27H27F2N3O2. The van der Waals surface area contributed by atoms with Crippen LogP contribution in [0.15, 0.2) is 84.8 Å². The van der Waals surface area contributed by atoms with Gasteiger partial charge < -0.3 is 4.90 Å². The van der Waals surface area contributed by atoms with Crippen LogP contribution in [0.25, 0.3) is 0 Å². The SMILES string of the molecule is O=C(CCC(c1ccc(F)cc1)c1ccc(F)cc1)N1CC=C(NOCc2ccncc2)CC1. The summed E-state index contributed by atoms with van der Waals surface area (Å²) in [5.41, 5.74) is 6.75. The second-order valence-corrected chi connectivity index (χ2v) is 8.26. The van der Waals surface area contributed by atoms with Crippen LogP contribution >= 0.6 is 0 Å². The summed E-state index contributed by atoms with van der Waals surface area (Å²) in [6.45, 7) is 1.54. The van der Waals surface area contributed by atoms with Crippen LogP contribution in [-0.2, 0) is 16.2 Å². The van der Waals surface area contributed by atoms with Gasteiger partial charge in [0.1, 0.15) is 11.6 Å². The molecule has 176 valence electrons. The number of hydrogen-bond donors (Lipinski definition) is 1. The van der Waals surface area contributed by atoms with Gasteiger partial charge in [-0.3, -0.25) is 20.1 Å². The molecule has 1 amide bonds. The van der Waals surface area contributed by atoms with E-state index in [9.17, 15) is 13.6 Å². The molecule has 0 spiro atoms. The molecule has 2 heterocycles. The summed E-state index contributed by atoms with van der Waals surface area (Å²) < 4.78 is 26.9. The quantitative estimate of drug-likeness (QED) is 0.448. The second-order valence-electron chi connectivity index (χ2n) is 8.26. The zero-order chi connectivity index (χ0) is 23.8. The molecule has 0 aliphatic carbocycles. The first-order valence-electron chi connectivity index (χ1n) is 11.3. The molecule has 0 saturated heterocycles. The summed E-state index contributed by atoms with van der Waals surface area (Å²) in [6, 6.07) is 16.3. The van der Waals surface area contributed by atoms with Crippen LogP contribution in [0.2, 0.25) is 0 Å². The number of amides is 1. The number of hydrogen-bond acceptors (Lipinski definition) is 4. The van der Waals surface area contributed by atoms with Crippen LogP contribution < -0.4 is 5.48 Å². The molecule has 34 heavy (non-hydrogen) atoms. The van der Waals surface area contributed by atoms with E-state index in [2.05, 4.69) is 10.5 Å². The highest BCUT2D eigenvalue weighted by Crippen LogP contribution is 2.30. The number of pyridine rings is 1. The van der Waals surface area contributed by atoms with E-state index in [1.54, 1.807) is 36.7 Å². The van der Waals surface area contributed by atoms with Crippen molar-refractivity contribution in [3.8, 4) is 0 Å². The highest BCUT2D eigenvalue weighted by atomic mass is 19.1. The minimum Gasteiger partial charge on any atom is -0.339 e. The third-order valence-electron chi connectivity index (χ3n) is 5.94. The van der Waals surface area contributed by atoms with Gasteiger partial charge in [0.05, 0.1) is 6.61 Å². The van der Waals surface area contributed by atoms with Crippen molar-refractivity contribution in [2.45, 2.75) is 31.8 Å². The fourth-order valence-corrected chi connectivity index (χ4v) is 4.02. The molecule has 0 unspecified atom stereocenters. The molecule has 1 aromatic heterocycles. The minimum absolute atomic E-state index is 0.0576. The van der Waals surface area contributed by atoms with Crippen molar-refractivity contribution in [2.75, 3.05) is 13.1 Å². The molecule has 0 atom stereocenters. The van der Waals surface area contributed by atoms with Crippen molar-refractivity contribution in [1.82, 2.24) is 15.4 Å². The van der Waals surface area contributed by atoms with Crippen LogP contribution in [0.5, 0.6) is 0 Å². The first kappa shape index (κ1) is 23.6. The Morgan fingerprint density at radius 3 is 2.15 bits per heavy atom. The molecule has 0 saturated carbocycles. The normalized spacial score (nSPS) is 13.6. The largest absolute Gasteiger partial charge is 0.339 e. The van der Waals surface area contributed by atoms with E-state index < -0.39 is 0 Å². The van der Waals surface area contributed by atoms with Gasteiger partial charge in [-0.25, -0.2) is 8.78 Å². The van der Waals surface area contributed by atoms with E-state index >= 15 is 0 Å². The van der Waals surface area contributed by atoms with Crippen LogP contribution in [0.4, 0.5) is 8.78 Å². The lowest BCUT2D eigenvalue weighted by atomic mass is 9.87. The Balaban J connectivity index is 1.31. The first-order valence-corrected chi connectivity index (χ1v) is 11.3. The standard InChI is InChI=1S/C27H27F2N3O2/c28-23-5-1-21(2-6-23)26(22-3-7-24(29)8-4-22)9-10-27(33)32-17-13-25(14-18-32)31-34-19-20-11-15-30-16-12-20/h1-8,11-13,15-16,26,31H,9-10,14,17-19H2. The number of nitrogens with zero attached hydrogens (tertiary/aromatic N) is 2. The van der Waals surface area contributed by atoms with Crippen molar-refractivity contribution in [3.63, 3.8) is 0 Å². The van der Waals surface area contributed by atoms with E-state index in [1.807, 2.05) is 23.1 Å². The average Bonchev–Trinajstić information content (AvgIpc) is 2.87. The van der Waals surface area contributed by atoms with Gasteiger partial charge in [-0.2, -0.15) is 0 Å². The Kier molecular flexibility index (Phi) is 7.99. The van der Waals surface area contributed by atoms with Gasteiger partial charge in [0.15, 0.2) is 0 Å². The van der Waals surface area contributed by atoms with Gasteiger partial charge >= 0.3 is 0 Å². The lowest BCUT2D eigenvalue weighted by Crippen LogP contribution is -2.36. The average molecular weight is 464 g/mol. The van der Waals surface area contributed by atoms with Crippen molar-refractivity contribution >= 4 is 5.91 Å². The molecular weight excluding hydrogens is 436 g/mol. The lowest BCUT2D eigenvalue weighted by Gasteiger charge is -2.27. The highest BCUT2D eigenvalue weighted by molar-refractivity contribution is 5.76. The highest BCUT2D eigenvalue weighted by Gasteiger charge is 2.21. The molecule has 0 fully saturated rings. The molecule has 1 aliphatic rings. The van der Waals surface area contributed by atoms with E-state index in [4.69, 9.17) is 4.84 Å². The first-order chi connectivity index (χ1) is 16.6. The Bertz CT molecular complexity index is 1060. The van der Waals surface area contributed by atoms with Gasteiger partial charge in [-0.1, -0.05) is 24.3 Å². The van der Waals surface area contributed by atoms with Crippen molar-refractivity contribution < 1.29 is 18.4 Å². The van der Waals surface area contributed by atoms with E-state index in [0.717, 1.165) is 22.4 Å². The third kappa shape index (κ3) is 6.48. The molecule has 7 heteroatoms. The van der Waals surface area contributed by atoms with E-state index in [-0.39, 0.29) is 23.5 Å². The number of carbonyl (C=O) groups excluding carboxylic acids is 1. The Morgan fingerprint density at radius 2 is 1.59 bits per heavy atom. The third-order valence-corrected chi connectivity index (χ3v) is 5.94. The van der Waals surface area contributed by atoms with Gasteiger partial charge in [0.25, 0.3) is 0 Å². The number of hydroxylamine groups is 1. The summed E-state index contributed by atoms with van der Waals surface area (Å²) in [7, 11) is 0. The van der Waals surface area contributed by atoms with Gasteiger partial charge in [-0.05, 0) is 65.6 Å². The van der Waals surface area contributed by atoms with Crippen LogP contribution in [0.1, 0.15) is 41.9 Å². The Labute approximate surface area is 198 Å². The Morgan fingerprint density at radius 1 is 0.971 bits per heavy atom. The van der Waals surface area contributed by atoms with Crippen LogP contribution in [0.3, 0.4) is 0 Å². The van der Waals surface area contributed by atoms with E-state index in [1.165, 1.54) is 24.3 Å². The van der Waals surface area contributed by atoms with Crippen molar-refractivity contribution in [1.29, 1.82) is 0 Å².